The van der Waals surface area contributed by atoms with Crippen molar-refractivity contribution in [1.82, 2.24) is 19.6 Å². The molecule has 1 atom stereocenters. The van der Waals surface area contributed by atoms with E-state index in [-0.39, 0.29) is 5.78 Å². The summed E-state index contributed by atoms with van der Waals surface area (Å²) in [6.45, 7) is 2.07. The zero-order valence-electron chi connectivity index (χ0n) is 8.34. The zero-order chi connectivity index (χ0) is 10.4. The van der Waals surface area contributed by atoms with Crippen LogP contribution in [0.2, 0.25) is 0 Å². The standard InChI is InChI=1S/C10H10N4O/c1-6-2-8-7(9(15)3-6)4-11-10-12-5-13-14(8)10/h4-6H,2-3H2,1H3. The summed E-state index contributed by atoms with van der Waals surface area (Å²) in [4.78, 5) is 19.9. The van der Waals surface area contributed by atoms with Gasteiger partial charge in [0.2, 0.25) is 0 Å². The molecule has 5 nitrogen and oxygen atoms in total. The van der Waals surface area contributed by atoms with Crippen molar-refractivity contribution in [2.75, 3.05) is 0 Å². The van der Waals surface area contributed by atoms with Gasteiger partial charge in [-0.3, -0.25) is 4.79 Å². The Bertz CT molecular complexity index is 545. The summed E-state index contributed by atoms with van der Waals surface area (Å²) in [5.74, 6) is 1.10. The maximum atomic E-state index is 11.8. The highest BCUT2D eigenvalue weighted by Gasteiger charge is 2.25. The normalized spacial score (nSPS) is 20.6. The van der Waals surface area contributed by atoms with Gasteiger partial charge in [-0.05, 0) is 12.3 Å². The predicted octanol–water partition coefficient (Wildman–Crippen LogP) is 0.889. The van der Waals surface area contributed by atoms with Gasteiger partial charge in [-0.1, -0.05) is 6.92 Å². The summed E-state index contributed by atoms with van der Waals surface area (Å²) in [6.07, 6.45) is 4.55. The number of hydrogen-bond acceptors (Lipinski definition) is 4. The first-order valence-corrected chi connectivity index (χ1v) is 4.96. The topological polar surface area (TPSA) is 60.2 Å². The van der Waals surface area contributed by atoms with E-state index in [2.05, 4.69) is 22.0 Å². The fourth-order valence-corrected chi connectivity index (χ4v) is 2.08. The van der Waals surface area contributed by atoms with E-state index in [1.165, 1.54) is 6.33 Å². The Morgan fingerprint density at radius 3 is 3.13 bits per heavy atom. The molecule has 1 unspecified atom stereocenters. The molecule has 1 aliphatic rings. The van der Waals surface area contributed by atoms with E-state index < -0.39 is 0 Å². The minimum Gasteiger partial charge on any atom is -0.294 e. The zero-order valence-corrected chi connectivity index (χ0v) is 8.34. The highest BCUT2D eigenvalue weighted by atomic mass is 16.1. The summed E-state index contributed by atoms with van der Waals surface area (Å²) in [6, 6.07) is 0. The lowest BCUT2D eigenvalue weighted by molar-refractivity contribution is 0.0951. The van der Waals surface area contributed by atoms with E-state index in [1.807, 2.05) is 0 Å². The lowest BCUT2D eigenvalue weighted by Crippen LogP contribution is -2.21. The maximum absolute atomic E-state index is 11.8. The van der Waals surface area contributed by atoms with E-state index in [0.717, 1.165) is 12.1 Å². The molecule has 0 saturated heterocycles. The van der Waals surface area contributed by atoms with Crippen molar-refractivity contribution in [2.24, 2.45) is 5.92 Å². The van der Waals surface area contributed by atoms with Crippen LogP contribution < -0.4 is 0 Å². The number of hydrogen-bond donors (Lipinski definition) is 0. The number of rotatable bonds is 0. The SMILES string of the molecule is CC1CC(=O)c2cnc3ncnn3c2C1. The number of nitrogens with zero attached hydrogens (tertiary/aromatic N) is 4. The monoisotopic (exact) mass is 202 g/mol. The smallest absolute Gasteiger partial charge is 0.252 e. The van der Waals surface area contributed by atoms with Gasteiger partial charge in [0.25, 0.3) is 5.78 Å². The van der Waals surface area contributed by atoms with E-state index in [1.54, 1.807) is 10.7 Å². The van der Waals surface area contributed by atoms with Crippen LogP contribution in [-0.2, 0) is 6.42 Å². The fraction of sp³-hybridized carbons (Fsp3) is 0.400. The van der Waals surface area contributed by atoms with Crippen LogP contribution in [0, 0.1) is 5.92 Å². The molecule has 0 saturated carbocycles. The van der Waals surface area contributed by atoms with Gasteiger partial charge >= 0.3 is 0 Å². The number of carbonyl (C=O) groups excluding carboxylic acids is 1. The second-order valence-corrected chi connectivity index (χ2v) is 4.03. The highest BCUT2D eigenvalue weighted by molar-refractivity contribution is 5.98. The average molecular weight is 202 g/mol. The van der Waals surface area contributed by atoms with Crippen LogP contribution >= 0.6 is 0 Å². The van der Waals surface area contributed by atoms with Crippen LogP contribution in [0.25, 0.3) is 5.78 Å². The van der Waals surface area contributed by atoms with Crippen LogP contribution in [-0.4, -0.2) is 25.4 Å². The van der Waals surface area contributed by atoms with Crippen LogP contribution in [0.4, 0.5) is 0 Å². The molecule has 0 aromatic carbocycles. The first-order valence-electron chi connectivity index (χ1n) is 4.96. The quantitative estimate of drug-likeness (QED) is 0.636. The van der Waals surface area contributed by atoms with Gasteiger partial charge in [0.15, 0.2) is 5.78 Å². The number of fused-ring (bicyclic) bond motifs is 3. The number of aromatic nitrogens is 4. The Morgan fingerprint density at radius 2 is 2.27 bits per heavy atom. The van der Waals surface area contributed by atoms with E-state index in [4.69, 9.17) is 0 Å². The van der Waals surface area contributed by atoms with Crippen molar-refractivity contribution in [3.05, 3.63) is 23.8 Å². The Labute approximate surface area is 86.2 Å². The first-order chi connectivity index (χ1) is 7.25. The number of ketones is 1. The molecule has 3 rings (SSSR count). The Morgan fingerprint density at radius 1 is 1.40 bits per heavy atom. The van der Waals surface area contributed by atoms with Crippen molar-refractivity contribution in [3.8, 4) is 0 Å². The average Bonchev–Trinajstić information content (AvgIpc) is 2.65. The van der Waals surface area contributed by atoms with Crippen LogP contribution in [0.3, 0.4) is 0 Å². The number of Topliss-reactive ketones (excluding diaryl/α,β-unsaturated/α-hetero) is 1. The summed E-state index contributed by atoms with van der Waals surface area (Å²) < 4.78 is 1.67. The van der Waals surface area contributed by atoms with Crippen molar-refractivity contribution in [3.63, 3.8) is 0 Å². The third-order valence-corrected chi connectivity index (χ3v) is 2.78. The van der Waals surface area contributed by atoms with Gasteiger partial charge in [0.1, 0.15) is 6.33 Å². The molecule has 0 N–H and O–H groups in total. The van der Waals surface area contributed by atoms with Gasteiger partial charge in [0, 0.05) is 12.6 Å². The molecule has 0 aliphatic heterocycles. The maximum Gasteiger partial charge on any atom is 0.252 e. The van der Waals surface area contributed by atoms with Crippen molar-refractivity contribution in [2.45, 2.75) is 19.8 Å². The van der Waals surface area contributed by atoms with Gasteiger partial charge in [0.05, 0.1) is 11.3 Å². The Kier molecular flexibility index (Phi) is 1.62. The largest absolute Gasteiger partial charge is 0.294 e. The summed E-state index contributed by atoms with van der Waals surface area (Å²) >= 11 is 0. The molecule has 0 spiro atoms. The molecule has 0 amide bonds. The van der Waals surface area contributed by atoms with Gasteiger partial charge < -0.3 is 0 Å². The van der Waals surface area contributed by atoms with Gasteiger partial charge in [-0.15, -0.1) is 0 Å². The van der Waals surface area contributed by atoms with E-state index in [0.29, 0.717) is 23.7 Å². The van der Waals surface area contributed by atoms with Crippen molar-refractivity contribution < 1.29 is 4.79 Å². The molecule has 5 heteroatoms. The fourth-order valence-electron chi connectivity index (χ4n) is 2.08. The highest BCUT2D eigenvalue weighted by Crippen LogP contribution is 2.24. The van der Waals surface area contributed by atoms with Crippen LogP contribution in [0.1, 0.15) is 29.4 Å². The minimum absolute atomic E-state index is 0.161. The van der Waals surface area contributed by atoms with E-state index >= 15 is 0 Å². The van der Waals surface area contributed by atoms with Crippen molar-refractivity contribution >= 4 is 11.6 Å². The first kappa shape index (κ1) is 8.52. The summed E-state index contributed by atoms with van der Waals surface area (Å²) in [7, 11) is 0. The summed E-state index contributed by atoms with van der Waals surface area (Å²) in [5.41, 5.74) is 1.65. The predicted molar refractivity (Wildman–Crippen MR) is 52.6 cm³/mol. The third-order valence-electron chi connectivity index (χ3n) is 2.78. The van der Waals surface area contributed by atoms with E-state index in [9.17, 15) is 4.79 Å². The molecule has 0 radical (unpaired) electrons. The summed E-state index contributed by atoms with van der Waals surface area (Å²) in [5, 5.41) is 4.09. The van der Waals surface area contributed by atoms with Gasteiger partial charge in [-0.25, -0.2) is 9.50 Å². The molecular weight excluding hydrogens is 192 g/mol. The molecule has 76 valence electrons. The molecule has 2 aromatic heterocycles. The van der Waals surface area contributed by atoms with Crippen molar-refractivity contribution in [1.29, 1.82) is 0 Å². The molecule has 2 heterocycles. The molecule has 1 aliphatic carbocycles. The molecule has 2 aromatic rings. The second-order valence-electron chi connectivity index (χ2n) is 4.03. The molecule has 15 heavy (non-hydrogen) atoms. The Hall–Kier alpha value is -1.78. The Balaban J connectivity index is 2.32. The number of carbonyl (C=O) groups is 1. The lowest BCUT2D eigenvalue weighted by atomic mass is 9.88. The third kappa shape index (κ3) is 1.16. The molecule has 0 fully saturated rings. The van der Waals surface area contributed by atoms with Crippen LogP contribution in [0.5, 0.6) is 0 Å². The molecule has 0 bridgehead atoms. The minimum atomic E-state index is 0.161. The second kappa shape index (κ2) is 2.85. The lowest BCUT2D eigenvalue weighted by Gasteiger charge is -2.19. The molecular formula is C10H10N4O. The van der Waals surface area contributed by atoms with Crippen LogP contribution in [0.15, 0.2) is 12.5 Å². The van der Waals surface area contributed by atoms with Gasteiger partial charge in [-0.2, -0.15) is 10.1 Å².